The van der Waals surface area contributed by atoms with Crippen molar-refractivity contribution >= 4 is 33.5 Å². The number of hydrogen-bond donors (Lipinski definition) is 2. The summed E-state index contributed by atoms with van der Waals surface area (Å²) in [5.74, 6) is 0.674. The van der Waals surface area contributed by atoms with E-state index in [1.54, 1.807) is 30.5 Å². The lowest BCUT2D eigenvalue weighted by Crippen LogP contribution is -2.31. The molecule has 9 heteroatoms. The lowest BCUT2D eigenvalue weighted by Gasteiger charge is -2.29. The van der Waals surface area contributed by atoms with Crippen molar-refractivity contribution in [3.8, 4) is 5.75 Å². The number of carbonyl (C=O) groups is 1. The van der Waals surface area contributed by atoms with E-state index in [0.717, 1.165) is 31.7 Å². The van der Waals surface area contributed by atoms with Crippen molar-refractivity contribution in [3.63, 3.8) is 0 Å². The first kappa shape index (κ1) is 21.8. The summed E-state index contributed by atoms with van der Waals surface area (Å²) in [5, 5.41) is 2.87. The van der Waals surface area contributed by atoms with Gasteiger partial charge in [-0.2, -0.15) is 0 Å². The Kier molecular flexibility index (Phi) is 7.07. The van der Waals surface area contributed by atoms with E-state index in [0.29, 0.717) is 11.3 Å². The first-order chi connectivity index (χ1) is 14.4. The summed E-state index contributed by atoms with van der Waals surface area (Å²) in [7, 11) is -0.956. The Morgan fingerprint density at radius 3 is 2.67 bits per heavy atom. The second kappa shape index (κ2) is 9.73. The fourth-order valence-corrected chi connectivity index (χ4v) is 4.24. The maximum absolute atomic E-state index is 12.5. The van der Waals surface area contributed by atoms with Gasteiger partial charge < -0.3 is 15.0 Å². The molecule has 2 N–H and O–H groups in total. The molecule has 160 valence electrons. The van der Waals surface area contributed by atoms with Crippen molar-refractivity contribution in [2.45, 2.75) is 24.2 Å². The predicted octanol–water partition coefficient (Wildman–Crippen LogP) is 2.64. The highest BCUT2D eigenvalue weighted by Crippen LogP contribution is 2.27. The van der Waals surface area contributed by atoms with Gasteiger partial charge in [0, 0.05) is 25.4 Å². The molecule has 2 heterocycles. The highest BCUT2D eigenvalue weighted by atomic mass is 32.2. The zero-order valence-electron chi connectivity index (χ0n) is 17.1. The fourth-order valence-electron chi connectivity index (χ4n) is 3.32. The molecular formula is C21H26N4O4S. The van der Waals surface area contributed by atoms with Crippen molar-refractivity contribution in [1.29, 1.82) is 0 Å². The van der Waals surface area contributed by atoms with E-state index in [1.807, 2.05) is 6.07 Å². The van der Waals surface area contributed by atoms with E-state index >= 15 is 0 Å². The highest BCUT2D eigenvalue weighted by Gasteiger charge is 2.18. The van der Waals surface area contributed by atoms with Gasteiger partial charge >= 0.3 is 0 Å². The molecule has 0 unspecified atom stereocenters. The third-order valence-electron chi connectivity index (χ3n) is 4.87. The van der Waals surface area contributed by atoms with Crippen LogP contribution in [0.2, 0.25) is 0 Å². The number of sulfonamides is 1. The number of methoxy groups -OCH3 is 1. The van der Waals surface area contributed by atoms with E-state index in [2.05, 4.69) is 19.9 Å². The Bertz CT molecular complexity index is 1030. The fraction of sp³-hybridized carbons (Fsp3) is 0.333. The van der Waals surface area contributed by atoms with E-state index in [1.165, 1.54) is 32.7 Å². The molecule has 2 aromatic rings. The molecule has 0 bridgehead atoms. The van der Waals surface area contributed by atoms with Crippen LogP contribution in [0.3, 0.4) is 0 Å². The van der Waals surface area contributed by atoms with Crippen LogP contribution in [-0.2, 0) is 14.8 Å². The van der Waals surface area contributed by atoms with Crippen LogP contribution in [0.5, 0.6) is 5.75 Å². The summed E-state index contributed by atoms with van der Waals surface area (Å²) in [6.07, 6.45) is 8.07. The standard InChI is InChI=1S/C21H26N4O4S/c1-22-30(27,28)19-15-16(8-10-18(19)29-2)9-11-20(26)24-17-7-6-12-23-21(17)25-13-4-3-5-14-25/h6-12,15,22H,3-5,13-14H2,1-2H3,(H,24,26). The second-order valence-electron chi connectivity index (χ2n) is 6.86. The zero-order chi connectivity index (χ0) is 21.6. The summed E-state index contributed by atoms with van der Waals surface area (Å²) < 4.78 is 31.8. The average molecular weight is 431 g/mol. The van der Waals surface area contributed by atoms with Gasteiger partial charge in [-0.15, -0.1) is 0 Å². The first-order valence-corrected chi connectivity index (χ1v) is 11.2. The SMILES string of the molecule is CNS(=O)(=O)c1cc(C=CC(=O)Nc2cccnc2N2CCCCC2)ccc1OC. The average Bonchev–Trinajstić information content (AvgIpc) is 2.78. The Balaban J connectivity index is 1.77. The Morgan fingerprint density at radius 1 is 1.20 bits per heavy atom. The number of piperidine rings is 1. The third-order valence-corrected chi connectivity index (χ3v) is 6.31. The summed E-state index contributed by atoms with van der Waals surface area (Å²) in [6, 6.07) is 8.30. The van der Waals surface area contributed by atoms with Crippen LogP contribution < -0.4 is 19.7 Å². The van der Waals surface area contributed by atoms with Crippen molar-refractivity contribution in [3.05, 3.63) is 48.2 Å². The van der Waals surface area contributed by atoms with Gasteiger partial charge in [0.15, 0.2) is 5.82 Å². The molecule has 1 amide bonds. The van der Waals surface area contributed by atoms with Gasteiger partial charge in [-0.05, 0) is 62.2 Å². The summed E-state index contributed by atoms with van der Waals surface area (Å²) in [4.78, 5) is 19.1. The van der Waals surface area contributed by atoms with Crippen molar-refractivity contribution < 1.29 is 17.9 Å². The number of hydrogen-bond acceptors (Lipinski definition) is 6. The van der Waals surface area contributed by atoms with E-state index in [9.17, 15) is 13.2 Å². The number of anilines is 2. The normalized spacial score (nSPS) is 14.7. The van der Waals surface area contributed by atoms with E-state index < -0.39 is 10.0 Å². The lowest BCUT2D eigenvalue weighted by atomic mass is 10.1. The minimum Gasteiger partial charge on any atom is -0.495 e. The van der Waals surface area contributed by atoms with Crippen LogP contribution in [0.1, 0.15) is 24.8 Å². The molecule has 0 spiro atoms. The van der Waals surface area contributed by atoms with E-state index in [4.69, 9.17) is 4.74 Å². The van der Waals surface area contributed by atoms with Crippen LogP contribution in [-0.4, -0.2) is 46.6 Å². The number of amides is 1. The molecular weight excluding hydrogens is 404 g/mol. The Morgan fingerprint density at radius 2 is 1.97 bits per heavy atom. The largest absolute Gasteiger partial charge is 0.495 e. The second-order valence-corrected chi connectivity index (χ2v) is 8.72. The number of carbonyl (C=O) groups excluding carboxylic acids is 1. The molecule has 0 saturated carbocycles. The smallest absolute Gasteiger partial charge is 0.248 e. The molecule has 30 heavy (non-hydrogen) atoms. The molecule has 1 aromatic heterocycles. The quantitative estimate of drug-likeness (QED) is 0.655. The van der Waals surface area contributed by atoms with Gasteiger partial charge in [0.1, 0.15) is 10.6 Å². The number of pyridine rings is 1. The van der Waals surface area contributed by atoms with Gasteiger partial charge in [-0.1, -0.05) is 6.07 Å². The molecule has 8 nitrogen and oxygen atoms in total. The first-order valence-electron chi connectivity index (χ1n) is 9.75. The van der Waals surface area contributed by atoms with Crippen molar-refractivity contribution in [1.82, 2.24) is 9.71 Å². The van der Waals surface area contributed by atoms with Gasteiger partial charge in [0.2, 0.25) is 15.9 Å². The number of aromatic nitrogens is 1. The maximum atomic E-state index is 12.5. The molecule has 1 aliphatic rings. The molecule has 1 fully saturated rings. The van der Waals surface area contributed by atoms with Crippen LogP contribution in [0.25, 0.3) is 6.08 Å². The lowest BCUT2D eigenvalue weighted by molar-refractivity contribution is -0.111. The maximum Gasteiger partial charge on any atom is 0.248 e. The Hall–Kier alpha value is -2.91. The molecule has 1 aromatic carbocycles. The van der Waals surface area contributed by atoms with Gasteiger partial charge in [0.05, 0.1) is 12.8 Å². The number of rotatable bonds is 7. The van der Waals surface area contributed by atoms with Gasteiger partial charge in [-0.3, -0.25) is 4.79 Å². The summed E-state index contributed by atoms with van der Waals surface area (Å²) >= 11 is 0. The highest BCUT2D eigenvalue weighted by molar-refractivity contribution is 7.89. The van der Waals surface area contributed by atoms with Crippen LogP contribution in [0.15, 0.2) is 47.5 Å². The summed E-state index contributed by atoms with van der Waals surface area (Å²) in [6.45, 7) is 1.84. The number of nitrogens with one attached hydrogen (secondary N) is 2. The summed E-state index contributed by atoms with van der Waals surface area (Å²) in [5.41, 5.74) is 1.21. The third kappa shape index (κ3) is 5.17. The minimum absolute atomic E-state index is 0.00898. The van der Waals surface area contributed by atoms with Gasteiger partial charge in [0.25, 0.3) is 0 Å². The topological polar surface area (TPSA) is 101 Å². The molecule has 0 aliphatic carbocycles. The number of nitrogens with zero attached hydrogens (tertiary/aromatic N) is 2. The van der Waals surface area contributed by atoms with Crippen molar-refractivity contribution in [2.75, 3.05) is 37.5 Å². The molecule has 1 aliphatic heterocycles. The van der Waals surface area contributed by atoms with Crippen LogP contribution >= 0.6 is 0 Å². The molecule has 1 saturated heterocycles. The number of benzene rings is 1. The van der Waals surface area contributed by atoms with Crippen LogP contribution in [0, 0.1) is 0 Å². The van der Waals surface area contributed by atoms with E-state index in [-0.39, 0.29) is 16.6 Å². The molecule has 0 atom stereocenters. The number of ether oxygens (including phenoxy) is 1. The van der Waals surface area contributed by atoms with Crippen LogP contribution in [0.4, 0.5) is 11.5 Å². The molecule has 3 rings (SSSR count). The Labute approximate surface area is 177 Å². The predicted molar refractivity (Wildman–Crippen MR) is 117 cm³/mol. The zero-order valence-corrected chi connectivity index (χ0v) is 17.9. The monoisotopic (exact) mass is 430 g/mol. The van der Waals surface area contributed by atoms with Gasteiger partial charge in [-0.25, -0.2) is 18.1 Å². The van der Waals surface area contributed by atoms with Crippen molar-refractivity contribution in [2.24, 2.45) is 0 Å². The molecule has 0 radical (unpaired) electrons. The minimum atomic E-state index is -3.69.